The number of pyridine rings is 1. The maximum atomic E-state index is 13.7. The predicted octanol–water partition coefficient (Wildman–Crippen LogP) is 3.25. The third kappa shape index (κ3) is 2.75. The third-order valence-electron chi connectivity index (χ3n) is 2.26. The van der Waals surface area contributed by atoms with Gasteiger partial charge in [0.25, 0.3) is 0 Å². The van der Waals surface area contributed by atoms with Gasteiger partial charge in [0.15, 0.2) is 5.82 Å². The Morgan fingerprint density at radius 2 is 2.17 bits per heavy atom. The Kier molecular flexibility index (Phi) is 3.74. The second-order valence-corrected chi connectivity index (χ2v) is 4.37. The molecule has 2 aromatic rings. The average molecular weight is 282 g/mol. The Morgan fingerprint density at radius 1 is 1.39 bits per heavy atom. The SMILES string of the molecule is NC(=S)c1ccnc(Nc2cccc(Cl)c2F)c1. The molecule has 92 valence electrons. The number of nitrogens with one attached hydrogen (secondary N) is 1. The molecule has 0 saturated heterocycles. The van der Waals surface area contributed by atoms with Crippen LogP contribution in [0.2, 0.25) is 5.02 Å². The molecule has 1 aromatic carbocycles. The quantitative estimate of drug-likeness (QED) is 0.848. The zero-order chi connectivity index (χ0) is 13.1. The molecule has 0 aliphatic carbocycles. The van der Waals surface area contributed by atoms with Crippen molar-refractivity contribution in [1.82, 2.24) is 4.98 Å². The van der Waals surface area contributed by atoms with Crippen molar-refractivity contribution in [2.45, 2.75) is 0 Å². The number of benzene rings is 1. The first-order chi connectivity index (χ1) is 8.58. The molecule has 0 radical (unpaired) electrons. The highest BCUT2D eigenvalue weighted by molar-refractivity contribution is 7.80. The molecule has 0 aliphatic heterocycles. The van der Waals surface area contributed by atoms with Gasteiger partial charge in [-0.2, -0.15) is 0 Å². The molecular weight excluding hydrogens is 273 g/mol. The van der Waals surface area contributed by atoms with E-state index < -0.39 is 5.82 Å². The monoisotopic (exact) mass is 281 g/mol. The summed E-state index contributed by atoms with van der Waals surface area (Å²) in [5, 5.41) is 2.87. The van der Waals surface area contributed by atoms with E-state index in [0.29, 0.717) is 11.4 Å². The lowest BCUT2D eigenvalue weighted by atomic mass is 10.2. The molecule has 2 rings (SSSR count). The van der Waals surface area contributed by atoms with Crippen molar-refractivity contribution in [2.75, 3.05) is 5.32 Å². The highest BCUT2D eigenvalue weighted by atomic mass is 35.5. The Balaban J connectivity index is 2.31. The van der Waals surface area contributed by atoms with Gasteiger partial charge in [-0.3, -0.25) is 0 Å². The van der Waals surface area contributed by atoms with Crippen LogP contribution in [0.15, 0.2) is 36.5 Å². The summed E-state index contributed by atoms with van der Waals surface area (Å²) in [5.74, 6) is -0.0804. The molecule has 0 bridgehead atoms. The zero-order valence-corrected chi connectivity index (χ0v) is 10.7. The number of nitrogens with zero attached hydrogens (tertiary/aromatic N) is 1. The lowest BCUT2D eigenvalue weighted by Gasteiger charge is -2.08. The second kappa shape index (κ2) is 5.29. The van der Waals surface area contributed by atoms with Crippen LogP contribution in [0.5, 0.6) is 0 Å². The second-order valence-electron chi connectivity index (χ2n) is 3.52. The van der Waals surface area contributed by atoms with Gasteiger partial charge in [-0.05, 0) is 24.3 Å². The number of thiocarbonyl (C=S) groups is 1. The lowest BCUT2D eigenvalue weighted by molar-refractivity contribution is 0.632. The molecule has 3 nitrogen and oxygen atoms in total. The van der Waals surface area contributed by atoms with E-state index in [2.05, 4.69) is 10.3 Å². The average Bonchev–Trinajstić information content (AvgIpc) is 2.35. The van der Waals surface area contributed by atoms with Crippen molar-refractivity contribution >= 4 is 40.3 Å². The topological polar surface area (TPSA) is 50.9 Å². The molecule has 3 N–H and O–H groups in total. The number of rotatable bonds is 3. The predicted molar refractivity (Wildman–Crippen MR) is 74.8 cm³/mol. The van der Waals surface area contributed by atoms with E-state index in [-0.39, 0.29) is 15.7 Å². The Hall–Kier alpha value is -1.72. The first-order valence-electron chi connectivity index (χ1n) is 5.05. The summed E-state index contributed by atoms with van der Waals surface area (Å²) < 4.78 is 13.7. The fraction of sp³-hybridized carbons (Fsp3) is 0. The normalized spacial score (nSPS) is 10.1. The van der Waals surface area contributed by atoms with Crippen LogP contribution in [0.4, 0.5) is 15.9 Å². The van der Waals surface area contributed by atoms with E-state index in [0.717, 1.165) is 0 Å². The van der Waals surface area contributed by atoms with Crippen molar-refractivity contribution in [3.8, 4) is 0 Å². The first-order valence-corrected chi connectivity index (χ1v) is 5.83. The van der Waals surface area contributed by atoms with Crippen LogP contribution >= 0.6 is 23.8 Å². The molecule has 0 aliphatic rings. The maximum absolute atomic E-state index is 13.7. The minimum Gasteiger partial charge on any atom is -0.389 e. The molecule has 0 atom stereocenters. The summed E-state index contributed by atoms with van der Waals surface area (Å²) in [5.41, 5.74) is 6.41. The number of hydrogen-bond acceptors (Lipinski definition) is 3. The van der Waals surface area contributed by atoms with Gasteiger partial charge in [0.1, 0.15) is 10.8 Å². The molecular formula is C12H9ClFN3S. The smallest absolute Gasteiger partial charge is 0.165 e. The number of halogens is 2. The third-order valence-corrected chi connectivity index (χ3v) is 2.79. The van der Waals surface area contributed by atoms with Crippen molar-refractivity contribution in [2.24, 2.45) is 5.73 Å². The van der Waals surface area contributed by atoms with Gasteiger partial charge < -0.3 is 11.1 Å². The van der Waals surface area contributed by atoms with Crippen LogP contribution in [-0.4, -0.2) is 9.97 Å². The van der Waals surface area contributed by atoms with Crippen molar-refractivity contribution in [1.29, 1.82) is 0 Å². The van der Waals surface area contributed by atoms with Crippen LogP contribution in [0.25, 0.3) is 0 Å². The molecule has 18 heavy (non-hydrogen) atoms. The summed E-state index contributed by atoms with van der Waals surface area (Å²) >= 11 is 10.5. The fourth-order valence-corrected chi connectivity index (χ4v) is 1.69. The van der Waals surface area contributed by atoms with E-state index in [4.69, 9.17) is 29.6 Å². The van der Waals surface area contributed by atoms with Gasteiger partial charge in [-0.15, -0.1) is 0 Å². The number of hydrogen-bond donors (Lipinski definition) is 2. The minimum atomic E-state index is -0.526. The van der Waals surface area contributed by atoms with E-state index in [1.54, 1.807) is 30.5 Å². The molecule has 0 unspecified atom stereocenters. The van der Waals surface area contributed by atoms with Gasteiger partial charge in [-0.1, -0.05) is 29.9 Å². The van der Waals surface area contributed by atoms with E-state index in [1.165, 1.54) is 6.07 Å². The van der Waals surface area contributed by atoms with Crippen molar-refractivity contribution < 1.29 is 4.39 Å². The lowest BCUT2D eigenvalue weighted by Crippen LogP contribution is -2.10. The maximum Gasteiger partial charge on any atom is 0.165 e. The Morgan fingerprint density at radius 3 is 2.89 bits per heavy atom. The van der Waals surface area contributed by atoms with Crippen molar-refractivity contribution in [3.05, 3.63) is 52.9 Å². The molecule has 6 heteroatoms. The first kappa shape index (κ1) is 12.7. The fourth-order valence-electron chi connectivity index (χ4n) is 1.39. The number of nitrogens with two attached hydrogens (primary N) is 1. The van der Waals surface area contributed by atoms with Gasteiger partial charge in [-0.25, -0.2) is 9.37 Å². The van der Waals surface area contributed by atoms with E-state index in [9.17, 15) is 4.39 Å². The summed E-state index contributed by atoms with van der Waals surface area (Å²) in [6.45, 7) is 0. The highest BCUT2D eigenvalue weighted by Gasteiger charge is 2.07. The Labute approximate surface area is 114 Å². The summed E-state index contributed by atoms with van der Waals surface area (Å²) in [6.07, 6.45) is 1.54. The van der Waals surface area contributed by atoms with Gasteiger partial charge in [0, 0.05) is 11.8 Å². The number of aromatic nitrogens is 1. The van der Waals surface area contributed by atoms with Crippen LogP contribution in [0.1, 0.15) is 5.56 Å². The molecule has 0 amide bonds. The largest absolute Gasteiger partial charge is 0.389 e. The number of anilines is 2. The van der Waals surface area contributed by atoms with Gasteiger partial charge in [0.05, 0.1) is 10.7 Å². The van der Waals surface area contributed by atoms with Gasteiger partial charge >= 0.3 is 0 Å². The summed E-state index contributed by atoms with van der Waals surface area (Å²) in [4.78, 5) is 4.31. The van der Waals surface area contributed by atoms with E-state index in [1.807, 2.05) is 0 Å². The highest BCUT2D eigenvalue weighted by Crippen LogP contribution is 2.24. The molecule has 1 heterocycles. The molecule has 0 fully saturated rings. The van der Waals surface area contributed by atoms with Crippen molar-refractivity contribution in [3.63, 3.8) is 0 Å². The molecule has 0 saturated carbocycles. The van der Waals surface area contributed by atoms with Crippen LogP contribution in [-0.2, 0) is 0 Å². The van der Waals surface area contributed by atoms with Gasteiger partial charge in [0.2, 0.25) is 0 Å². The summed E-state index contributed by atoms with van der Waals surface area (Å²) in [6, 6.07) is 8.01. The minimum absolute atomic E-state index is 0.0468. The molecule has 1 aromatic heterocycles. The molecule has 0 spiro atoms. The zero-order valence-electron chi connectivity index (χ0n) is 9.15. The summed E-state index contributed by atoms with van der Waals surface area (Å²) in [7, 11) is 0. The van der Waals surface area contributed by atoms with Crippen LogP contribution in [0.3, 0.4) is 0 Å². The standard InChI is InChI=1S/C12H9ClFN3S/c13-8-2-1-3-9(11(8)14)17-10-6-7(12(15)18)4-5-16-10/h1-6H,(H2,15,18)(H,16,17). The Bertz CT molecular complexity index is 604. The van der Waals surface area contributed by atoms with E-state index >= 15 is 0 Å². The van der Waals surface area contributed by atoms with Crippen LogP contribution < -0.4 is 11.1 Å². The van der Waals surface area contributed by atoms with Crippen LogP contribution in [0, 0.1) is 5.82 Å².